The van der Waals surface area contributed by atoms with Crippen LogP contribution in [-0.4, -0.2) is 41.3 Å². The van der Waals surface area contributed by atoms with Crippen molar-refractivity contribution in [1.29, 1.82) is 0 Å². The molecule has 3 heterocycles. The number of aromatic amines is 1. The summed E-state index contributed by atoms with van der Waals surface area (Å²) in [5, 5.41) is 25.9. The van der Waals surface area contributed by atoms with E-state index < -0.39 is 5.97 Å². The number of unbranched alkanes of at least 4 members (excludes halogenated alkanes) is 1. The number of fused-ring (bicyclic) bond motifs is 1. The molecule has 0 amide bonds. The Morgan fingerprint density at radius 3 is 2.88 bits per heavy atom. The fourth-order valence-corrected chi connectivity index (χ4v) is 3.61. The lowest BCUT2D eigenvalue weighted by Crippen LogP contribution is -2.01. The van der Waals surface area contributed by atoms with Crippen molar-refractivity contribution >= 4 is 32.9 Å². The van der Waals surface area contributed by atoms with Gasteiger partial charge in [0.05, 0.1) is 11.9 Å². The molecule has 0 spiro atoms. The Bertz CT molecular complexity index is 930. The van der Waals surface area contributed by atoms with Crippen LogP contribution < -0.4 is 0 Å². The van der Waals surface area contributed by atoms with Crippen LogP contribution in [0, 0.1) is 0 Å². The molecule has 0 aliphatic heterocycles. The van der Waals surface area contributed by atoms with Gasteiger partial charge in [0.2, 0.25) is 0 Å². The number of carbonyl (C=O) groups is 1. The zero-order valence-corrected chi connectivity index (χ0v) is 15.0. The lowest BCUT2D eigenvalue weighted by atomic mass is 10.1. The standard InChI is InChI=1S/C16H17BrN6O2/c17-13-11-7-10(19-21-15(11)18-14(13)9-4-5-9)3-1-2-6-23-8-12(16(24)25)20-22-23/h7-9H,1-6H2,(H,18,21)(H,24,25). The molecule has 9 heteroatoms. The van der Waals surface area contributed by atoms with E-state index in [0.29, 0.717) is 12.5 Å². The number of rotatable bonds is 7. The molecule has 3 aromatic heterocycles. The second kappa shape index (κ2) is 6.55. The minimum absolute atomic E-state index is 0.0277. The number of aryl methyl sites for hydroxylation is 2. The quantitative estimate of drug-likeness (QED) is 0.585. The van der Waals surface area contributed by atoms with E-state index in [1.165, 1.54) is 24.7 Å². The summed E-state index contributed by atoms with van der Waals surface area (Å²) >= 11 is 3.69. The molecule has 130 valence electrons. The number of carboxylic acid groups (broad SMARTS) is 1. The maximum Gasteiger partial charge on any atom is 0.358 e. The second-order valence-electron chi connectivity index (χ2n) is 6.35. The zero-order chi connectivity index (χ0) is 17.4. The van der Waals surface area contributed by atoms with Crippen molar-refractivity contribution in [2.45, 2.75) is 44.6 Å². The van der Waals surface area contributed by atoms with E-state index in [1.54, 1.807) is 4.68 Å². The van der Waals surface area contributed by atoms with Gasteiger partial charge in [-0.3, -0.25) is 4.68 Å². The number of carboxylic acids is 1. The minimum atomic E-state index is -1.06. The lowest BCUT2D eigenvalue weighted by molar-refractivity contribution is 0.0690. The van der Waals surface area contributed by atoms with Crippen molar-refractivity contribution in [3.63, 3.8) is 0 Å². The molecule has 0 unspecified atom stereocenters. The summed E-state index contributed by atoms with van der Waals surface area (Å²) in [7, 11) is 0. The van der Waals surface area contributed by atoms with E-state index in [2.05, 4.69) is 47.5 Å². The summed E-state index contributed by atoms with van der Waals surface area (Å²) in [6.07, 6.45) is 6.52. The van der Waals surface area contributed by atoms with Crippen molar-refractivity contribution in [1.82, 2.24) is 30.2 Å². The predicted octanol–water partition coefficient (Wildman–Crippen LogP) is 2.91. The third kappa shape index (κ3) is 3.41. The summed E-state index contributed by atoms with van der Waals surface area (Å²) in [4.78, 5) is 14.1. The minimum Gasteiger partial charge on any atom is -0.476 e. The normalized spacial score (nSPS) is 14.3. The van der Waals surface area contributed by atoms with E-state index >= 15 is 0 Å². The van der Waals surface area contributed by atoms with Crippen LogP contribution in [0.3, 0.4) is 0 Å². The summed E-state index contributed by atoms with van der Waals surface area (Å²) in [5.74, 6) is -0.428. The Hall–Kier alpha value is -2.29. The second-order valence-corrected chi connectivity index (χ2v) is 7.15. The number of halogens is 1. The molecule has 1 saturated carbocycles. The maximum absolute atomic E-state index is 10.8. The summed E-state index contributed by atoms with van der Waals surface area (Å²) in [6.45, 7) is 0.635. The van der Waals surface area contributed by atoms with Crippen molar-refractivity contribution in [3.05, 3.63) is 33.8 Å². The molecule has 2 N–H and O–H groups in total. The molecule has 0 radical (unpaired) electrons. The van der Waals surface area contributed by atoms with Gasteiger partial charge in [-0.15, -0.1) is 10.2 Å². The Balaban J connectivity index is 1.36. The highest BCUT2D eigenvalue weighted by molar-refractivity contribution is 9.10. The summed E-state index contributed by atoms with van der Waals surface area (Å²) in [6, 6.07) is 2.09. The van der Waals surface area contributed by atoms with Crippen LogP contribution in [0.4, 0.5) is 0 Å². The highest BCUT2D eigenvalue weighted by Crippen LogP contribution is 2.44. The fraction of sp³-hybridized carbons (Fsp3) is 0.438. The Kier molecular flexibility index (Phi) is 4.24. The number of hydrogen-bond donors (Lipinski definition) is 2. The van der Waals surface area contributed by atoms with Crippen LogP contribution in [0.1, 0.15) is 53.5 Å². The number of nitrogens with one attached hydrogen (secondary N) is 1. The number of nitrogens with zero attached hydrogens (tertiary/aromatic N) is 5. The van der Waals surface area contributed by atoms with E-state index in [4.69, 9.17) is 5.11 Å². The van der Waals surface area contributed by atoms with Gasteiger partial charge in [-0.1, -0.05) is 5.21 Å². The smallest absolute Gasteiger partial charge is 0.358 e. The van der Waals surface area contributed by atoms with E-state index in [9.17, 15) is 4.79 Å². The van der Waals surface area contributed by atoms with E-state index in [0.717, 1.165) is 40.5 Å². The predicted molar refractivity (Wildman–Crippen MR) is 93.5 cm³/mol. The molecular formula is C16H17BrN6O2. The third-order valence-corrected chi connectivity index (χ3v) is 5.24. The van der Waals surface area contributed by atoms with E-state index in [-0.39, 0.29) is 5.69 Å². The third-order valence-electron chi connectivity index (χ3n) is 4.38. The van der Waals surface area contributed by atoms with Crippen LogP contribution >= 0.6 is 15.9 Å². The van der Waals surface area contributed by atoms with E-state index in [1.807, 2.05) is 0 Å². The van der Waals surface area contributed by atoms with Gasteiger partial charge in [-0.05, 0) is 54.1 Å². The molecule has 0 bridgehead atoms. The average molecular weight is 405 g/mol. The molecule has 3 aromatic rings. The topological polar surface area (TPSA) is 110 Å². The van der Waals surface area contributed by atoms with Gasteiger partial charge < -0.3 is 10.1 Å². The summed E-state index contributed by atoms with van der Waals surface area (Å²) in [5.41, 5.74) is 3.00. The van der Waals surface area contributed by atoms with Gasteiger partial charge in [0.25, 0.3) is 0 Å². The SMILES string of the molecule is O=C(O)c1cn(CCCCc2cc3c(Br)c(C4CC4)[nH]c3nn2)nn1. The lowest BCUT2D eigenvalue weighted by Gasteiger charge is -2.01. The molecule has 0 saturated heterocycles. The van der Waals surface area contributed by atoms with Gasteiger partial charge in [-0.25, -0.2) is 4.79 Å². The highest BCUT2D eigenvalue weighted by atomic mass is 79.9. The van der Waals surface area contributed by atoms with Crippen LogP contribution in [0.15, 0.2) is 16.7 Å². The molecule has 4 rings (SSSR count). The number of aromatic nitrogens is 6. The monoisotopic (exact) mass is 404 g/mol. The molecule has 25 heavy (non-hydrogen) atoms. The average Bonchev–Trinajstić information content (AvgIpc) is 3.24. The largest absolute Gasteiger partial charge is 0.476 e. The van der Waals surface area contributed by atoms with Crippen LogP contribution in [-0.2, 0) is 13.0 Å². The first-order valence-electron chi connectivity index (χ1n) is 8.29. The molecule has 1 aliphatic carbocycles. The maximum atomic E-state index is 10.8. The molecular weight excluding hydrogens is 388 g/mol. The van der Waals surface area contributed by atoms with Crippen LogP contribution in [0.2, 0.25) is 0 Å². The van der Waals surface area contributed by atoms with Gasteiger partial charge >= 0.3 is 5.97 Å². The van der Waals surface area contributed by atoms with Gasteiger partial charge in [0.1, 0.15) is 0 Å². The highest BCUT2D eigenvalue weighted by Gasteiger charge is 2.28. The van der Waals surface area contributed by atoms with Crippen molar-refractivity contribution < 1.29 is 9.90 Å². The van der Waals surface area contributed by atoms with Crippen molar-refractivity contribution in [2.24, 2.45) is 0 Å². The summed E-state index contributed by atoms with van der Waals surface area (Å²) < 4.78 is 2.67. The number of H-pyrrole nitrogens is 1. The zero-order valence-electron chi connectivity index (χ0n) is 13.4. The number of aromatic carboxylic acids is 1. The fourth-order valence-electron chi connectivity index (χ4n) is 2.88. The molecule has 1 fully saturated rings. The molecule has 1 aliphatic rings. The van der Waals surface area contributed by atoms with Crippen molar-refractivity contribution in [3.8, 4) is 0 Å². The Labute approximate surface area is 151 Å². The van der Waals surface area contributed by atoms with Crippen LogP contribution in [0.5, 0.6) is 0 Å². The molecule has 0 atom stereocenters. The first-order chi connectivity index (χ1) is 12.1. The number of hydrogen-bond acceptors (Lipinski definition) is 5. The van der Waals surface area contributed by atoms with Crippen LogP contribution in [0.25, 0.3) is 11.0 Å². The molecule has 0 aromatic carbocycles. The Morgan fingerprint density at radius 1 is 1.32 bits per heavy atom. The first-order valence-corrected chi connectivity index (χ1v) is 9.08. The van der Waals surface area contributed by atoms with Gasteiger partial charge in [-0.2, -0.15) is 5.10 Å². The van der Waals surface area contributed by atoms with Gasteiger partial charge in [0, 0.05) is 28.0 Å². The molecule has 8 nitrogen and oxygen atoms in total. The first kappa shape index (κ1) is 16.2. The Morgan fingerprint density at radius 2 is 2.16 bits per heavy atom. The van der Waals surface area contributed by atoms with Gasteiger partial charge in [0.15, 0.2) is 11.3 Å². The van der Waals surface area contributed by atoms with Crippen molar-refractivity contribution in [2.75, 3.05) is 0 Å².